The number of nitrogens with zero attached hydrogens (tertiary/aromatic N) is 1. The highest BCUT2D eigenvalue weighted by Crippen LogP contribution is 2.11. The van der Waals surface area contributed by atoms with Gasteiger partial charge in [-0.2, -0.15) is 0 Å². The second-order valence-corrected chi connectivity index (χ2v) is 6.08. The van der Waals surface area contributed by atoms with E-state index in [1.165, 1.54) is 6.07 Å². The van der Waals surface area contributed by atoms with E-state index in [0.29, 0.717) is 18.7 Å². The first-order valence-electron chi connectivity index (χ1n) is 8.56. The maximum Gasteiger partial charge on any atom is 0.318 e. The fourth-order valence-corrected chi connectivity index (χ4v) is 2.73. The quantitative estimate of drug-likeness (QED) is 0.686. The molecule has 0 aliphatic rings. The molecule has 0 aromatic heterocycles. The third kappa shape index (κ3) is 4.93. The highest BCUT2D eigenvalue weighted by atomic mass is 19.1. The Bertz CT molecular complexity index is 796. The maximum atomic E-state index is 13.8. The number of hydrogen-bond donors (Lipinski definition) is 1. The Labute approximate surface area is 153 Å². The number of benzene rings is 3. The van der Waals surface area contributed by atoms with E-state index in [9.17, 15) is 9.18 Å². The predicted molar refractivity (Wildman–Crippen MR) is 101 cm³/mol. The molecule has 0 aliphatic heterocycles. The van der Waals surface area contributed by atoms with Crippen LogP contribution in [0.2, 0.25) is 0 Å². The number of nitrogens with one attached hydrogen (secondary N) is 1. The highest BCUT2D eigenvalue weighted by Gasteiger charge is 2.15. The van der Waals surface area contributed by atoms with E-state index < -0.39 is 0 Å². The molecule has 0 radical (unpaired) electrons. The lowest BCUT2D eigenvalue weighted by Crippen LogP contribution is -2.38. The van der Waals surface area contributed by atoms with Crippen LogP contribution in [-0.2, 0) is 19.6 Å². The van der Waals surface area contributed by atoms with E-state index in [-0.39, 0.29) is 18.4 Å². The summed E-state index contributed by atoms with van der Waals surface area (Å²) in [4.78, 5) is 14.5. The summed E-state index contributed by atoms with van der Waals surface area (Å²) in [5.74, 6) is -0.314. The largest absolute Gasteiger partial charge is 0.334 e. The molecule has 4 heteroatoms. The first-order valence-corrected chi connectivity index (χ1v) is 8.56. The van der Waals surface area contributed by atoms with Crippen LogP contribution in [0.3, 0.4) is 0 Å². The second kappa shape index (κ2) is 8.81. The van der Waals surface area contributed by atoms with Crippen molar-refractivity contribution in [3.8, 4) is 0 Å². The monoisotopic (exact) mass is 348 g/mol. The van der Waals surface area contributed by atoms with Gasteiger partial charge in [0.1, 0.15) is 5.82 Å². The molecule has 3 aromatic rings. The van der Waals surface area contributed by atoms with Crippen molar-refractivity contribution in [3.05, 3.63) is 107 Å². The third-order valence-electron chi connectivity index (χ3n) is 4.11. The summed E-state index contributed by atoms with van der Waals surface area (Å²) < 4.78 is 13.8. The van der Waals surface area contributed by atoms with Crippen molar-refractivity contribution in [1.82, 2.24) is 10.2 Å². The average Bonchev–Trinajstić information content (AvgIpc) is 2.68. The van der Waals surface area contributed by atoms with Gasteiger partial charge in [-0.25, -0.2) is 9.18 Å². The third-order valence-corrected chi connectivity index (χ3v) is 4.11. The molecular weight excluding hydrogens is 327 g/mol. The van der Waals surface area contributed by atoms with Gasteiger partial charge in [-0.15, -0.1) is 0 Å². The summed E-state index contributed by atoms with van der Waals surface area (Å²) >= 11 is 0. The van der Waals surface area contributed by atoms with Crippen molar-refractivity contribution < 1.29 is 9.18 Å². The van der Waals surface area contributed by atoms with Gasteiger partial charge < -0.3 is 10.2 Å². The van der Waals surface area contributed by atoms with E-state index in [0.717, 1.165) is 11.1 Å². The van der Waals surface area contributed by atoms with Crippen LogP contribution in [-0.4, -0.2) is 10.9 Å². The van der Waals surface area contributed by atoms with Gasteiger partial charge in [0.05, 0.1) is 0 Å². The van der Waals surface area contributed by atoms with E-state index in [2.05, 4.69) is 5.32 Å². The average molecular weight is 348 g/mol. The fraction of sp³-hybridized carbons (Fsp3) is 0.136. The minimum absolute atomic E-state index is 0.158. The van der Waals surface area contributed by atoms with Crippen molar-refractivity contribution in [2.45, 2.75) is 19.6 Å². The first-order chi connectivity index (χ1) is 12.7. The number of hydrogen-bond acceptors (Lipinski definition) is 1. The number of carbonyl (C=O) groups excluding carboxylic acids is 1. The second-order valence-electron chi connectivity index (χ2n) is 6.08. The Morgan fingerprint density at radius 3 is 1.81 bits per heavy atom. The van der Waals surface area contributed by atoms with Crippen LogP contribution in [0, 0.1) is 5.82 Å². The van der Waals surface area contributed by atoms with Gasteiger partial charge in [0.2, 0.25) is 0 Å². The molecule has 2 amide bonds. The smallest absolute Gasteiger partial charge is 0.318 e. The summed E-state index contributed by atoms with van der Waals surface area (Å²) in [6.45, 7) is 1.13. The number of amides is 2. The summed E-state index contributed by atoms with van der Waals surface area (Å²) in [6, 6.07) is 25.9. The zero-order valence-electron chi connectivity index (χ0n) is 14.4. The molecule has 0 aliphatic carbocycles. The molecule has 0 bridgehead atoms. The van der Waals surface area contributed by atoms with Crippen molar-refractivity contribution >= 4 is 6.03 Å². The van der Waals surface area contributed by atoms with Gasteiger partial charge >= 0.3 is 6.03 Å². The predicted octanol–water partition coefficient (Wildman–Crippen LogP) is 4.74. The van der Waals surface area contributed by atoms with Crippen molar-refractivity contribution in [1.29, 1.82) is 0 Å². The Hall–Kier alpha value is -3.14. The molecule has 0 fully saturated rings. The molecule has 0 atom stereocenters. The summed E-state index contributed by atoms with van der Waals surface area (Å²) in [6.07, 6.45) is 0. The van der Waals surface area contributed by atoms with Crippen LogP contribution >= 0.6 is 0 Å². The Morgan fingerprint density at radius 1 is 0.769 bits per heavy atom. The molecule has 3 aromatic carbocycles. The van der Waals surface area contributed by atoms with Crippen LogP contribution in [0.4, 0.5) is 9.18 Å². The van der Waals surface area contributed by atoms with E-state index in [4.69, 9.17) is 0 Å². The van der Waals surface area contributed by atoms with Crippen LogP contribution in [0.5, 0.6) is 0 Å². The number of halogens is 1. The van der Waals surface area contributed by atoms with Crippen LogP contribution in [0.15, 0.2) is 84.9 Å². The van der Waals surface area contributed by atoms with Gasteiger partial charge in [-0.3, -0.25) is 0 Å². The van der Waals surface area contributed by atoms with Crippen molar-refractivity contribution in [2.24, 2.45) is 0 Å². The topological polar surface area (TPSA) is 32.3 Å². The molecule has 0 unspecified atom stereocenters. The Kier molecular flexibility index (Phi) is 5.99. The van der Waals surface area contributed by atoms with Gasteiger partial charge in [-0.1, -0.05) is 78.9 Å². The van der Waals surface area contributed by atoms with Crippen LogP contribution < -0.4 is 5.32 Å². The van der Waals surface area contributed by atoms with Gasteiger partial charge in [0, 0.05) is 25.2 Å². The van der Waals surface area contributed by atoms with Crippen molar-refractivity contribution in [2.75, 3.05) is 0 Å². The molecule has 132 valence electrons. The Balaban J connectivity index is 1.71. The normalized spacial score (nSPS) is 10.3. The van der Waals surface area contributed by atoms with Crippen LogP contribution in [0.1, 0.15) is 16.7 Å². The van der Waals surface area contributed by atoms with E-state index in [1.54, 1.807) is 23.1 Å². The molecule has 3 rings (SSSR count). The number of carbonyl (C=O) groups is 1. The number of urea groups is 1. The molecule has 1 N–H and O–H groups in total. The number of rotatable bonds is 6. The summed E-state index contributed by atoms with van der Waals surface area (Å²) in [5, 5.41) is 2.83. The SMILES string of the molecule is O=C(NCc1ccccc1F)N(Cc1ccccc1)Cc1ccccc1. The molecular formula is C22H21FN2O. The van der Waals surface area contributed by atoms with E-state index in [1.807, 2.05) is 60.7 Å². The molecule has 3 nitrogen and oxygen atoms in total. The molecule has 0 saturated heterocycles. The minimum atomic E-state index is -0.314. The lowest BCUT2D eigenvalue weighted by molar-refractivity contribution is 0.191. The fourth-order valence-electron chi connectivity index (χ4n) is 2.73. The van der Waals surface area contributed by atoms with Crippen LogP contribution in [0.25, 0.3) is 0 Å². The summed E-state index contributed by atoms with van der Waals surface area (Å²) in [7, 11) is 0. The van der Waals surface area contributed by atoms with Gasteiger partial charge in [-0.05, 0) is 17.2 Å². The molecule has 0 heterocycles. The lowest BCUT2D eigenvalue weighted by Gasteiger charge is -2.23. The van der Waals surface area contributed by atoms with E-state index >= 15 is 0 Å². The molecule has 0 spiro atoms. The zero-order valence-corrected chi connectivity index (χ0v) is 14.4. The standard InChI is InChI=1S/C22H21FN2O/c23-21-14-8-7-13-20(21)15-24-22(26)25(16-18-9-3-1-4-10-18)17-19-11-5-2-6-12-19/h1-14H,15-17H2,(H,24,26). The minimum Gasteiger partial charge on any atom is -0.334 e. The zero-order chi connectivity index (χ0) is 18.2. The van der Waals surface area contributed by atoms with Gasteiger partial charge in [0.25, 0.3) is 0 Å². The van der Waals surface area contributed by atoms with Gasteiger partial charge in [0.15, 0.2) is 0 Å². The van der Waals surface area contributed by atoms with Crippen molar-refractivity contribution in [3.63, 3.8) is 0 Å². The first kappa shape index (κ1) is 17.7. The molecule has 0 saturated carbocycles. The highest BCUT2D eigenvalue weighted by molar-refractivity contribution is 5.74. The molecule has 26 heavy (non-hydrogen) atoms. The maximum absolute atomic E-state index is 13.8. The Morgan fingerprint density at radius 2 is 1.27 bits per heavy atom. The lowest BCUT2D eigenvalue weighted by atomic mass is 10.1. The summed E-state index contributed by atoms with van der Waals surface area (Å²) in [5.41, 5.74) is 2.56.